The van der Waals surface area contributed by atoms with Gasteiger partial charge < -0.3 is 5.32 Å². The van der Waals surface area contributed by atoms with Gasteiger partial charge >= 0.3 is 0 Å². The van der Waals surface area contributed by atoms with E-state index in [0.29, 0.717) is 24.1 Å². The highest BCUT2D eigenvalue weighted by molar-refractivity contribution is 6.30. The minimum atomic E-state index is -0.915. The molecule has 0 spiro atoms. The van der Waals surface area contributed by atoms with E-state index in [4.69, 9.17) is 11.6 Å². The van der Waals surface area contributed by atoms with Crippen LogP contribution in [0.1, 0.15) is 24.1 Å². The van der Waals surface area contributed by atoms with E-state index in [9.17, 15) is 13.2 Å². The Morgan fingerprint density at radius 2 is 1.86 bits per heavy atom. The van der Waals surface area contributed by atoms with Crippen molar-refractivity contribution in [1.82, 2.24) is 5.32 Å². The molecule has 0 aliphatic carbocycles. The second kappa shape index (κ2) is 6.96. The van der Waals surface area contributed by atoms with Crippen molar-refractivity contribution < 1.29 is 13.2 Å². The van der Waals surface area contributed by atoms with Gasteiger partial charge in [0, 0.05) is 6.04 Å². The van der Waals surface area contributed by atoms with Crippen LogP contribution in [0.25, 0.3) is 0 Å². The van der Waals surface area contributed by atoms with Crippen LogP contribution in [0.2, 0.25) is 5.02 Å². The largest absolute Gasteiger partial charge is 0.310 e. The molecule has 0 bridgehead atoms. The smallest absolute Gasteiger partial charge is 0.159 e. The van der Waals surface area contributed by atoms with Crippen molar-refractivity contribution in [2.45, 2.75) is 19.4 Å². The van der Waals surface area contributed by atoms with E-state index in [2.05, 4.69) is 5.32 Å². The van der Waals surface area contributed by atoms with Gasteiger partial charge in [0.05, 0.1) is 5.02 Å². The van der Waals surface area contributed by atoms with Crippen molar-refractivity contribution in [3.05, 3.63) is 70.0 Å². The van der Waals surface area contributed by atoms with Crippen molar-refractivity contribution in [2.24, 2.45) is 0 Å². The van der Waals surface area contributed by atoms with Crippen molar-refractivity contribution in [3.8, 4) is 0 Å². The normalized spacial score (nSPS) is 12.4. The van der Waals surface area contributed by atoms with Gasteiger partial charge in [0.15, 0.2) is 11.6 Å². The van der Waals surface area contributed by atoms with Crippen LogP contribution in [0.4, 0.5) is 13.2 Å². The molecule has 1 unspecified atom stereocenters. The molecule has 112 valence electrons. The highest BCUT2D eigenvalue weighted by Gasteiger charge is 2.16. The molecular formula is C16H15ClF3N. The Balaban J connectivity index is 2.30. The van der Waals surface area contributed by atoms with E-state index in [1.54, 1.807) is 12.1 Å². The van der Waals surface area contributed by atoms with Gasteiger partial charge in [0.25, 0.3) is 0 Å². The molecule has 1 atom stereocenters. The van der Waals surface area contributed by atoms with Crippen LogP contribution in [0.5, 0.6) is 0 Å². The predicted molar refractivity (Wildman–Crippen MR) is 77.9 cm³/mol. The van der Waals surface area contributed by atoms with Gasteiger partial charge in [-0.25, -0.2) is 13.2 Å². The lowest BCUT2D eigenvalue weighted by Crippen LogP contribution is -2.23. The number of likely N-dealkylation sites (N-methyl/N-ethyl adjacent to an activating group) is 1. The SMILES string of the molecule is CCNC(Cc1cccc(Cl)c1F)c1ccc(F)c(F)c1. The highest BCUT2D eigenvalue weighted by atomic mass is 35.5. The van der Waals surface area contributed by atoms with Crippen molar-refractivity contribution in [2.75, 3.05) is 6.54 Å². The summed E-state index contributed by atoms with van der Waals surface area (Å²) in [6.45, 7) is 2.51. The molecule has 0 saturated carbocycles. The predicted octanol–water partition coefficient (Wildman–Crippen LogP) is 4.65. The van der Waals surface area contributed by atoms with Crippen LogP contribution in [0.3, 0.4) is 0 Å². The van der Waals surface area contributed by atoms with Crippen molar-refractivity contribution >= 4 is 11.6 Å². The molecular weight excluding hydrogens is 299 g/mol. The third kappa shape index (κ3) is 3.77. The fourth-order valence-electron chi connectivity index (χ4n) is 2.21. The average Bonchev–Trinajstić information content (AvgIpc) is 2.46. The Bertz CT molecular complexity index is 631. The number of rotatable bonds is 5. The van der Waals surface area contributed by atoms with E-state index >= 15 is 0 Å². The van der Waals surface area contributed by atoms with Crippen molar-refractivity contribution in [1.29, 1.82) is 0 Å². The van der Waals surface area contributed by atoms with Gasteiger partial charge in [-0.15, -0.1) is 0 Å². The molecule has 1 N–H and O–H groups in total. The monoisotopic (exact) mass is 313 g/mol. The molecule has 0 amide bonds. The Labute approximate surface area is 126 Å². The summed E-state index contributed by atoms with van der Waals surface area (Å²) in [5.41, 5.74) is 0.994. The first-order valence-corrected chi connectivity index (χ1v) is 7.02. The molecule has 0 aliphatic heterocycles. The quantitative estimate of drug-likeness (QED) is 0.847. The Morgan fingerprint density at radius 1 is 1.10 bits per heavy atom. The Morgan fingerprint density at radius 3 is 2.52 bits per heavy atom. The standard InChI is InChI=1S/C16H15ClF3N/c1-2-21-15(10-6-7-13(18)14(19)8-10)9-11-4-3-5-12(17)16(11)20/h3-8,15,21H,2,9H2,1H3. The lowest BCUT2D eigenvalue weighted by molar-refractivity contribution is 0.494. The lowest BCUT2D eigenvalue weighted by Gasteiger charge is -2.19. The first-order valence-electron chi connectivity index (χ1n) is 6.64. The lowest BCUT2D eigenvalue weighted by atomic mass is 9.98. The van der Waals surface area contributed by atoms with Crippen molar-refractivity contribution in [3.63, 3.8) is 0 Å². The minimum Gasteiger partial charge on any atom is -0.310 e. The fourth-order valence-corrected chi connectivity index (χ4v) is 2.40. The summed E-state index contributed by atoms with van der Waals surface area (Å²) in [6.07, 6.45) is 0.297. The van der Waals surface area contributed by atoms with Crippen LogP contribution >= 0.6 is 11.6 Å². The third-order valence-corrected chi connectivity index (χ3v) is 3.54. The molecule has 0 fully saturated rings. The van der Waals surface area contributed by atoms with E-state index in [1.165, 1.54) is 12.1 Å². The Kier molecular flexibility index (Phi) is 5.26. The maximum absolute atomic E-state index is 14.0. The van der Waals surface area contributed by atoms with Crippen LogP contribution < -0.4 is 5.32 Å². The first kappa shape index (κ1) is 15.9. The zero-order valence-corrected chi connectivity index (χ0v) is 12.2. The van der Waals surface area contributed by atoms with Crippen LogP contribution in [-0.2, 0) is 6.42 Å². The molecule has 2 aromatic carbocycles. The molecule has 0 radical (unpaired) electrons. The van der Waals surface area contributed by atoms with Crippen LogP contribution in [0.15, 0.2) is 36.4 Å². The van der Waals surface area contributed by atoms with Gasteiger partial charge in [-0.3, -0.25) is 0 Å². The highest BCUT2D eigenvalue weighted by Crippen LogP contribution is 2.25. The van der Waals surface area contributed by atoms with E-state index in [0.717, 1.165) is 12.1 Å². The summed E-state index contributed by atoms with van der Waals surface area (Å²) < 4.78 is 40.4. The molecule has 5 heteroatoms. The molecule has 0 heterocycles. The summed E-state index contributed by atoms with van der Waals surface area (Å²) in [5, 5.41) is 3.19. The second-order valence-electron chi connectivity index (χ2n) is 4.70. The zero-order valence-electron chi connectivity index (χ0n) is 11.5. The molecule has 0 saturated heterocycles. The summed E-state index contributed by atoms with van der Waals surface area (Å²) in [7, 11) is 0. The fraction of sp³-hybridized carbons (Fsp3) is 0.250. The van der Waals surface area contributed by atoms with Crippen LogP contribution in [-0.4, -0.2) is 6.54 Å². The maximum atomic E-state index is 14.0. The zero-order chi connectivity index (χ0) is 15.4. The molecule has 1 nitrogen and oxygen atoms in total. The van der Waals surface area contributed by atoms with E-state index in [1.807, 2.05) is 6.92 Å². The van der Waals surface area contributed by atoms with Gasteiger partial charge in [-0.1, -0.05) is 36.7 Å². The Hall–Kier alpha value is -1.52. The summed E-state index contributed by atoms with van der Waals surface area (Å²) in [6, 6.07) is 8.14. The minimum absolute atomic E-state index is 0.0491. The summed E-state index contributed by atoms with van der Waals surface area (Å²) >= 11 is 5.76. The van der Waals surface area contributed by atoms with Gasteiger partial charge in [0.1, 0.15) is 5.82 Å². The summed E-state index contributed by atoms with van der Waals surface area (Å²) in [5.74, 6) is -2.30. The van der Waals surface area contributed by atoms with E-state index in [-0.39, 0.29) is 11.1 Å². The van der Waals surface area contributed by atoms with Gasteiger partial charge in [-0.2, -0.15) is 0 Å². The molecule has 0 aromatic heterocycles. The topological polar surface area (TPSA) is 12.0 Å². The number of halogens is 4. The second-order valence-corrected chi connectivity index (χ2v) is 5.11. The molecule has 21 heavy (non-hydrogen) atoms. The summed E-state index contributed by atoms with van der Waals surface area (Å²) in [4.78, 5) is 0. The van der Waals surface area contributed by atoms with E-state index < -0.39 is 17.5 Å². The molecule has 2 rings (SSSR count). The van der Waals surface area contributed by atoms with Gasteiger partial charge in [0.2, 0.25) is 0 Å². The van der Waals surface area contributed by atoms with Gasteiger partial charge in [-0.05, 0) is 42.3 Å². The number of benzene rings is 2. The molecule has 2 aromatic rings. The van der Waals surface area contributed by atoms with Crippen LogP contribution in [0, 0.1) is 17.5 Å². The number of nitrogens with one attached hydrogen (secondary N) is 1. The average molecular weight is 314 g/mol. The molecule has 0 aliphatic rings. The third-order valence-electron chi connectivity index (χ3n) is 3.25. The first-order chi connectivity index (χ1) is 10.0. The number of hydrogen-bond acceptors (Lipinski definition) is 1. The number of hydrogen-bond donors (Lipinski definition) is 1. The maximum Gasteiger partial charge on any atom is 0.159 e.